The average molecular weight is 279 g/mol. The molecule has 0 spiro atoms. The maximum Gasteiger partial charge on any atom is 0.323 e. The van der Waals surface area contributed by atoms with Crippen LogP contribution in [0.3, 0.4) is 0 Å². The molecule has 0 radical (unpaired) electrons. The van der Waals surface area contributed by atoms with Gasteiger partial charge in [-0.2, -0.15) is 0 Å². The Morgan fingerprint density at radius 2 is 2.00 bits per heavy atom. The summed E-state index contributed by atoms with van der Waals surface area (Å²) in [5.74, 6) is -0.0880. The van der Waals surface area contributed by atoms with Gasteiger partial charge in [-0.25, -0.2) is 0 Å². The van der Waals surface area contributed by atoms with Crippen LogP contribution in [0.1, 0.15) is 39.2 Å². The van der Waals surface area contributed by atoms with Gasteiger partial charge in [-0.1, -0.05) is 25.5 Å². The number of likely N-dealkylation sites (N-methyl/N-ethyl adjacent to an activating group) is 1. The lowest BCUT2D eigenvalue weighted by molar-refractivity contribution is -0.145. The smallest absolute Gasteiger partial charge is 0.323 e. The SMILES string of the molecule is CCCc1ccc(OC(C)CC(C)(NC)C(=O)O)cc1. The molecule has 1 rings (SSSR count). The molecule has 20 heavy (non-hydrogen) atoms. The molecule has 1 aromatic rings. The van der Waals surface area contributed by atoms with E-state index in [1.807, 2.05) is 19.1 Å². The van der Waals surface area contributed by atoms with Crippen LogP contribution < -0.4 is 10.1 Å². The van der Waals surface area contributed by atoms with Gasteiger partial charge in [0.1, 0.15) is 11.3 Å². The van der Waals surface area contributed by atoms with Crippen molar-refractivity contribution in [2.75, 3.05) is 7.05 Å². The molecule has 0 aliphatic rings. The van der Waals surface area contributed by atoms with E-state index in [0.29, 0.717) is 6.42 Å². The number of hydrogen-bond acceptors (Lipinski definition) is 3. The molecule has 0 aliphatic carbocycles. The summed E-state index contributed by atoms with van der Waals surface area (Å²) in [7, 11) is 1.65. The standard InChI is InChI=1S/C16H25NO3/c1-5-6-13-7-9-14(10-8-13)20-12(2)11-16(3,17-4)15(18)19/h7-10,12,17H,5-6,11H2,1-4H3,(H,18,19). The first-order valence-electron chi connectivity index (χ1n) is 7.09. The number of aryl methyl sites for hydroxylation is 1. The molecule has 1 aromatic carbocycles. The molecule has 0 bridgehead atoms. The molecule has 112 valence electrons. The molecule has 4 heteroatoms. The van der Waals surface area contributed by atoms with Crippen molar-refractivity contribution >= 4 is 5.97 Å². The van der Waals surface area contributed by atoms with Crippen LogP contribution in [0.5, 0.6) is 5.75 Å². The summed E-state index contributed by atoms with van der Waals surface area (Å²) in [4.78, 5) is 11.2. The first-order chi connectivity index (χ1) is 9.41. The quantitative estimate of drug-likeness (QED) is 0.768. The second kappa shape index (κ2) is 7.29. The Morgan fingerprint density at radius 3 is 2.45 bits per heavy atom. The van der Waals surface area contributed by atoms with E-state index in [4.69, 9.17) is 4.74 Å². The van der Waals surface area contributed by atoms with Crippen molar-refractivity contribution in [2.24, 2.45) is 0 Å². The molecular formula is C16H25NO3. The molecule has 0 heterocycles. The highest BCUT2D eigenvalue weighted by Crippen LogP contribution is 2.19. The van der Waals surface area contributed by atoms with E-state index < -0.39 is 11.5 Å². The highest BCUT2D eigenvalue weighted by Gasteiger charge is 2.33. The molecule has 0 amide bonds. The zero-order chi connectivity index (χ0) is 15.2. The third kappa shape index (κ3) is 4.53. The summed E-state index contributed by atoms with van der Waals surface area (Å²) in [5, 5.41) is 12.1. The van der Waals surface area contributed by atoms with Crippen molar-refractivity contribution in [3.8, 4) is 5.75 Å². The number of rotatable bonds is 8. The highest BCUT2D eigenvalue weighted by molar-refractivity contribution is 5.78. The Bertz CT molecular complexity index is 430. The van der Waals surface area contributed by atoms with Gasteiger partial charge in [-0.15, -0.1) is 0 Å². The van der Waals surface area contributed by atoms with Gasteiger partial charge < -0.3 is 15.2 Å². The normalized spacial score (nSPS) is 15.4. The number of aliphatic carboxylic acids is 1. The fraction of sp³-hybridized carbons (Fsp3) is 0.562. The first kappa shape index (κ1) is 16.5. The Kier molecular flexibility index (Phi) is 6.02. The topological polar surface area (TPSA) is 58.6 Å². The summed E-state index contributed by atoms with van der Waals surface area (Å²) in [6.07, 6.45) is 2.40. The molecular weight excluding hydrogens is 254 g/mol. The fourth-order valence-electron chi connectivity index (χ4n) is 2.17. The monoisotopic (exact) mass is 279 g/mol. The van der Waals surface area contributed by atoms with E-state index in [-0.39, 0.29) is 6.10 Å². The molecule has 2 N–H and O–H groups in total. The summed E-state index contributed by atoms with van der Waals surface area (Å²) >= 11 is 0. The highest BCUT2D eigenvalue weighted by atomic mass is 16.5. The first-order valence-corrected chi connectivity index (χ1v) is 7.09. The molecule has 0 saturated carbocycles. The predicted molar refractivity (Wildman–Crippen MR) is 80.2 cm³/mol. The third-order valence-corrected chi connectivity index (χ3v) is 3.52. The maximum absolute atomic E-state index is 11.2. The number of carboxylic acids is 1. The van der Waals surface area contributed by atoms with E-state index in [0.717, 1.165) is 18.6 Å². The van der Waals surface area contributed by atoms with Crippen LogP contribution in [0, 0.1) is 0 Å². The molecule has 0 fully saturated rings. The average Bonchev–Trinajstić information content (AvgIpc) is 2.40. The van der Waals surface area contributed by atoms with Gasteiger partial charge in [-0.05, 0) is 45.0 Å². The third-order valence-electron chi connectivity index (χ3n) is 3.52. The van der Waals surface area contributed by atoms with Gasteiger partial charge in [-0.3, -0.25) is 4.79 Å². The second-order valence-corrected chi connectivity index (χ2v) is 5.41. The van der Waals surface area contributed by atoms with Crippen molar-refractivity contribution in [2.45, 2.75) is 51.7 Å². The van der Waals surface area contributed by atoms with Crippen molar-refractivity contribution < 1.29 is 14.6 Å². The van der Waals surface area contributed by atoms with Gasteiger partial charge >= 0.3 is 5.97 Å². The van der Waals surface area contributed by atoms with Crippen LogP contribution in [0.2, 0.25) is 0 Å². The molecule has 0 aromatic heterocycles. The van der Waals surface area contributed by atoms with Gasteiger partial charge in [0, 0.05) is 6.42 Å². The minimum absolute atomic E-state index is 0.180. The summed E-state index contributed by atoms with van der Waals surface area (Å²) < 4.78 is 5.79. The largest absolute Gasteiger partial charge is 0.491 e. The molecule has 4 nitrogen and oxygen atoms in total. The van der Waals surface area contributed by atoms with E-state index in [2.05, 4.69) is 24.4 Å². The van der Waals surface area contributed by atoms with Crippen LogP contribution in [0.4, 0.5) is 0 Å². The zero-order valence-corrected chi connectivity index (χ0v) is 12.8. The van der Waals surface area contributed by atoms with Crippen molar-refractivity contribution in [3.05, 3.63) is 29.8 Å². The summed E-state index contributed by atoms with van der Waals surface area (Å²) in [6.45, 7) is 5.70. The number of hydrogen-bond donors (Lipinski definition) is 2. The lowest BCUT2D eigenvalue weighted by Gasteiger charge is -2.27. The van der Waals surface area contributed by atoms with Gasteiger partial charge in [0.2, 0.25) is 0 Å². The molecule has 2 atom stereocenters. The second-order valence-electron chi connectivity index (χ2n) is 5.41. The minimum Gasteiger partial charge on any atom is -0.491 e. The van der Waals surface area contributed by atoms with Crippen LogP contribution in [-0.4, -0.2) is 29.8 Å². The molecule has 0 aliphatic heterocycles. The number of carbonyl (C=O) groups is 1. The Balaban J connectivity index is 2.61. The van der Waals surface area contributed by atoms with E-state index in [9.17, 15) is 9.90 Å². The lowest BCUT2D eigenvalue weighted by Crippen LogP contribution is -2.50. The number of ether oxygens (including phenoxy) is 1. The zero-order valence-electron chi connectivity index (χ0n) is 12.8. The Labute approximate surface area is 121 Å². The van der Waals surface area contributed by atoms with Crippen LogP contribution >= 0.6 is 0 Å². The van der Waals surface area contributed by atoms with Gasteiger partial charge in [0.15, 0.2) is 0 Å². The van der Waals surface area contributed by atoms with Crippen LogP contribution in [0.25, 0.3) is 0 Å². The molecule has 0 saturated heterocycles. The lowest BCUT2D eigenvalue weighted by atomic mass is 9.95. The van der Waals surface area contributed by atoms with Crippen LogP contribution in [-0.2, 0) is 11.2 Å². The van der Waals surface area contributed by atoms with Gasteiger partial charge in [0.05, 0.1) is 6.10 Å². The summed E-state index contributed by atoms with van der Waals surface area (Å²) in [6, 6.07) is 8.00. The predicted octanol–water partition coefficient (Wildman–Crippen LogP) is 2.86. The number of carboxylic acid groups (broad SMARTS) is 1. The van der Waals surface area contributed by atoms with E-state index in [1.165, 1.54) is 5.56 Å². The Morgan fingerprint density at radius 1 is 1.40 bits per heavy atom. The van der Waals surface area contributed by atoms with E-state index in [1.54, 1.807) is 14.0 Å². The van der Waals surface area contributed by atoms with E-state index >= 15 is 0 Å². The van der Waals surface area contributed by atoms with Crippen molar-refractivity contribution in [3.63, 3.8) is 0 Å². The summed E-state index contributed by atoms with van der Waals surface area (Å²) in [5.41, 5.74) is 0.319. The van der Waals surface area contributed by atoms with Crippen molar-refractivity contribution in [1.82, 2.24) is 5.32 Å². The fourth-order valence-corrected chi connectivity index (χ4v) is 2.17. The molecule has 2 unspecified atom stereocenters. The minimum atomic E-state index is -0.971. The van der Waals surface area contributed by atoms with Crippen molar-refractivity contribution in [1.29, 1.82) is 0 Å². The number of benzene rings is 1. The Hall–Kier alpha value is -1.55. The maximum atomic E-state index is 11.2. The van der Waals surface area contributed by atoms with Crippen LogP contribution in [0.15, 0.2) is 24.3 Å². The van der Waals surface area contributed by atoms with Gasteiger partial charge in [0.25, 0.3) is 0 Å². The number of nitrogens with one attached hydrogen (secondary N) is 1.